The van der Waals surface area contributed by atoms with E-state index in [4.69, 9.17) is 4.99 Å². The molecule has 1 aromatic rings. The summed E-state index contributed by atoms with van der Waals surface area (Å²) in [4.78, 5) is 11.6. The number of nitrogens with one attached hydrogen (secondary N) is 3. The topological polar surface area (TPSA) is 64.6 Å². The van der Waals surface area contributed by atoms with E-state index in [0.29, 0.717) is 6.04 Å². The highest BCUT2D eigenvalue weighted by Gasteiger charge is 2.19. The average molecular weight is 361 g/mol. The van der Waals surface area contributed by atoms with Crippen molar-refractivity contribution in [2.24, 2.45) is 4.99 Å². The van der Waals surface area contributed by atoms with Gasteiger partial charge in [0.05, 0.1) is 0 Å². The number of rotatable bonds is 10. The van der Waals surface area contributed by atoms with Gasteiger partial charge in [-0.15, -0.1) is 0 Å². The van der Waals surface area contributed by atoms with E-state index in [-0.39, 0.29) is 0 Å². The molecule has 26 heavy (non-hydrogen) atoms. The molecule has 1 saturated heterocycles. The molecule has 146 valence electrons. The third kappa shape index (κ3) is 8.04. The van der Waals surface area contributed by atoms with Crippen molar-refractivity contribution in [3.8, 4) is 0 Å². The van der Waals surface area contributed by atoms with E-state index >= 15 is 0 Å². The summed E-state index contributed by atoms with van der Waals surface area (Å²) in [6.45, 7) is 10.7. The van der Waals surface area contributed by atoms with Crippen LogP contribution in [0.3, 0.4) is 0 Å². The Kier molecular flexibility index (Phi) is 9.87. The van der Waals surface area contributed by atoms with E-state index in [1.807, 2.05) is 24.4 Å². The van der Waals surface area contributed by atoms with Crippen molar-refractivity contribution in [2.45, 2.75) is 52.0 Å². The van der Waals surface area contributed by atoms with Crippen molar-refractivity contribution in [3.63, 3.8) is 0 Å². The summed E-state index contributed by atoms with van der Waals surface area (Å²) in [6.07, 6.45) is 7.64. The highest BCUT2D eigenvalue weighted by atomic mass is 15.2. The van der Waals surface area contributed by atoms with E-state index in [2.05, 4.69) is 39.7 Å². The third-order valence-corrected chi connectivity index (χ3v) is 4.64. The number of likely N-dealkylation sites (tertiary alicyclic amines) is 1. The molecule has 0 spiro atoms. The van der Waals surface area contributed by atoms with Gasteiger partial charge < -0.3 is 20.9 Å². The number of pyridine rings is 1. The summed E-state index contributed by atoms with van der Waals surface area (Å²) in [6, 6.07) is 6.48. The maximum absolute atomic E-state index is 4.74. The van der Waals surface area contributed by atoms with E-state index in [1.54, 1.807) is 0 Å². The van der Waals surface area contributed by atoms with E-state index in [1.165, 1.54) is 38.9 Å². The van der Waals surface area contributed by atoms with E-state index in [9.17, 15) is 0 Å². The largest absolute Gasteiger partial charge is 0.370 e. The highest BCUT2D eigenvalue weighted by molar-refractivity contribution is 5.80. The maximum Gasteiger partial charge on any atom is 0.191 e. The maximum atomic E-state index is 4.74. The second-order valence-corrected chi connectivity index (χ2v) is 6.87. The molecule has 0 saturated carbocycles. The van der Waals surface area contributed by atoms with Crippen molar-refractivity contribution in [1.29, 1.82) is 0 Å². The Morgan fingerprint density at radius 2 is 2.08 bits per heavy atom. The molecule has 0 aromatic carbocycles. The fraction of sp³-hybridized carbons (Fsp3) is 0.700. The Hall–Kier alpha value is -1.82. The van der Waals surface area contributed by atoms with Crippen LogP contribution in [0.4, 0.5) is 5.82 Å². The summed E-state index contributed by atoms with van der Waals surface area (Å²) in [7, 11) is 0. The number of aromatic nitrogens is 1. The predicted molar refractivity (Wildman–Crippen MR) is 111 cm³/mol. The monoisotopic (exact) mass is 360 g/mol. The van der Waals surface area contributed by atoms with Gasteiger partial charge in [-0.1, -0.05) is 13.0 Å². The van der Waals surface area contributed by atoms with Crippen molar-refractivity contribution < 1.29 is 0 Å². The quantitative estimate of drug-likeness (QED) is 0.340. The average Bonchev–Trinajstić information content (AvgIpc) is 2.67. The summed E-state index contributed by atoms with van der Waals surface area (Å²) in [5.41, 5.74) is 0. The molecule has 6 nitrogen and oxygen atoms in total. The number of guanidine groups is 1. The first-order valence-corrected chi connectivity index (χ1v) is 10.2. The van der Waals surface area contributed by atoms with Crippen LogP contribution >= 0.6 is 0 Å². The number of unbranched alkanes of at least 4 members (excludes halogenated alkanes) is 1. The lowest BCUT2D eigenvalue weighted by Gasteiger charge is -2.32. The highest BCUT2D eigenvalue weighted by Crippen LogP contribution is 2.10. The van der Waals surface area contributed by atoms with Crippen molar-refractivity contribution >= 4 is 11.8 Å². The number of nitrogens with zero attached hydrogens (tertiary/aromatic N) is 3. The van der Waals surface area contributed by atoms with Gasteiger partial charge >= 0.3 is 0 Å². The molecule has 0 aliphatic carbocycles. The zero-order valence-electron chi connectivity index (χ0n) is 16.5. The van der Waals surface area contributed by atoms with Crippen LogP contribution in [0.25, 0.3) is 0 Å². The minimum atomic E-state index is 0.548. The fourth-order valence-corrected chi connectivity index (χ4v) is 3.24. The molecule has 3 N–H and O–H groups in total. The number of aliphatic imine (C=N–C) groups is 1. The van der Waals surface area contributed by atoms with Gasteiger partial charge in [0.1, 0.15) is 5.82 Å². The van der Waals surface area contributed by atoms with Gasteiger partial charge in [-0.05, 0) is 57.7 Å². The molecular weight excluding hydrogens is 324 g/mol. The van der Waals surface area contributed by atoms with Gasteiger partial charge in [-0.3, -0.25) is 4.99 Å². The van der Waals surface area contributed by atoms with Gasteiger partial charge in [-0.2, -0.15) is 0 Å². The second-order valence-electron chi connectivity index (χ2n) is 6.87. The zero-order valence-corrected chi connectivity index (χ0v) is 16.5. The number of anilines is 1. The first-order valence-electron chi connectivity index (χ1n) is 10.2. The number of piperidine rings is 1. The van der Waals surface area contributed by atoms with Crippen LogP contribution in [-0.2, 0) is 0 Å². The molecule has 0 atom stereocenters. The Morgan fingerprint density at radius 1 is 1.23 bits per heavy atom. The van der Waals surface area contributed by atoms with Gasteiger partial charge in [0, 0.05) is 45.0 Å². The van der Waals surface area contributed by atoms with Crippen molar-refractivity contribution in [2.75, 3.05) is 44.6 Å². The minimum Gasteiger partial charge on any atom is -0.370 e. The van der Waals surface area contributed by atoms with E-state index < -0.39 is 0 Å². The lowest BCUT2D eigenvalue weighted by Crippen LogP contribution is -2.48. The molecule has 0 radical (unpaired) electrons. The van der Waals surface area contributed by atoms with Gasteiger partial charge in [-0.25, -0.2) is 4.98 Å². The summed E-state index contributed by atoms with van der Waals surface area (Å²) >= 11 is 0. The van der Waals surface area contributed by atoms with Crippen molar-refractivity contribution in [1.82, 2.24) is 20.5 Å². The number of hydrogen-bond acceptors (Lipinski definition) is 4. The standard InChI is InChI=1S/C20H36N6/c1-3-15-26-16-10-18(11-17-26)25-20(21-4-2)24-14-8-7-13-23-19-9-5-6-12-22-19/h5-6,9,12,18H,3-4,7-8,10-11,13-17H2,1-2H3,(H,22,23)(H2,21,24,25). The molecule has 0 bridgehead atoms. The Bertz CT molecular complexity index is 496. The third-order valence-electron chi connectivity index (χ3n) is 4.64. The van der Waals surface area contributed by atoms with Gasteiger partial charge in [0.15, 0.2) is 5.96 Å². The predicted octanol–water partition coefficient (Wildman–Crippen LogP) is 2.70. The van der Waals surface area contributed by atoms with Crippen LogP contribution in [0.1, 0.15) is 46.0 Å². The lowest BCUT2D eigenvalue weighted by atomic mass is 10.1. The summed E-state index contributed by atoms with van der Waals surface area (Å²) < 4.78 is 0. The fourth-order valence-electron chi connectivity index (χ4n) is 3.24. The molecule has 1 aromatic heterocycles. The first kappa shape index (κ1) is 20.5. The SMILES string of the molecule is CCCN1CCC(NC(=NCCCCNc2ccccn2)NCC)CC1. The number of hydrogen-bond donors (Lipinski definition) is 3. The molecule has 0 amide bonds. The molecule has 2 rings (SSSR count). The lowest BCUT2D eigenvalue weighted by molar-refractivity contribution is 0.206. The van der Waals surface area contributed by atoms with Crippen LogP contribution in [-0.4, -0.2) is 61.2 Å². The van der Waals surface area contributed by atoms with E-state index in [0.717, 1.165) is 44.3 Å². The molecule has 6 heteroatoms. The van der Waals surface area contributed by atoms with Gasteiger partial charge in [0.25, 0.3) is 0 Å². The molecule has 0 unspecified atom stereocenters. The summed E-state index contributed by atoms with van der Waals surface area (Å²) in [5, 5.41) is 10.3. The normalized spacial score (nSPS) is 16.5. The Labute approximate surface area is 158 Å². The van der Waals surface area contributed by atoms with Crippen LogP contribution in [0.5, 0.6) is 0 Å². The van der Waals surface area contributed by atoms with Crippen LogP contribution in [0.2, 0.25) is 0 Å². The second kappa shape index (κ2) is 12.5. The Morgan fingerprint density at radius 3 is 2.77 bits per heavy atom. The minimum absolute atomic E-state index is 0.548. The molecular formula is C20H36N6. The van der Waals surface area contributed by atoms with Crippen molar-refractivity contribution in [3.05, 3.63) is 24.4 Å². The molecule has 1 aliphatic rings. The molecule has 1 fully saturated rings. The molecule has 2 heterocycles. The molecule has 1 aliphatic heterocycles. The first-order chi connectivity index (χ1) is 12.8. The summed E-state index contributed by atoms with van der Waals surface area (Å²) in [5.74, 6) is 1.92. The Balaban J connectivity index is 1.63. The van der Waals surface area contributed by atoms with Crippen LogP contribution < -0.4 is 16.0 Å². The smallest absolute Gasteiger partial charge is 0.191 e. The van der Waals surface area contributed by atoms with Gasteiger partial charge in [0.2, 0.25) is 0 Å². The van der Waals surface area contributed by atoms with Crippen LogP contribution in [0.15, 0.2) is 29.4 Å². The zero-order chi connectivity index (χ0) is 18.5. The van der Waals surface area contributed by atoms with Crippen LogP contribution in [0, 0.1) is 0 Å².